The molecule has 0 aliphatic carbocycles. The molecule has 1 aromatic heterocycles. The van der Waals surface area contributed by atoms with E-state index >= 15 is 0 Å². The first-order valence-corrected chi connectivity index (χ1v) is 9.06. The van der Waals surface area contributed by atoms with Crippen LogP contribution in [-0.4, -0.2) is 25.8 Å². The molecule has 0 fully saturated rings. The molecule has 28 heavy (non-hydrogen) atoms. The maximum atomic E-state index is 13.1. The highest BCUT2D eigenvalue weighted by Gasteiger charge is 2.23. The van der Waals surface area contributed by atoms with Crippen LogP contribution in [0.4, 0.5) is 0 Å². The van der Waals surface area contributed by atoms with Crippen molar-refractivity contribution in [2.24, 2.45) is 0 Å². The SMILES string of the molecule is CCOC(=O)C(C)Oc1c(-c2ccc(OC)cc2)oc2ccc(Cl)cc2c1=O. The fourth-order valence-corrected chi connectivity index (χ4v) is 2.85. The van der Waals surface area contributed by atoms with E-state index in [0.717, 1.165) is 0 Å². The average Bonchev–Trinajstić information content (AvgIpc) is 2.70. The lowest BCUT2D eigenvalue weighted by molar-refractivity contribution is -0.150. The van der Waals surface area contributed by atoms with Crippen LogP contribution in [-0.2, 0) is 9.53 Å². The highest BCUT2D eigenvalue weighted by molar-refractivity contribution is 6.31. The fraction of sp³-hybridized carbons (Fsp3) is 0.238. The molecule has 3 rings (SSSR count). The van der Waals surface area contributed by atoms with Crippen LogP contribution in [0.5, 0.6) is 11.5 Å². The van der Waals surface area contributed by atoms with Gasteiger partial charge in [-0.05, 0) is 56.3 Å². The number of benzene rings is 2. The van der Waals surface area contributed by atoms with Gasteiger partial charge >= 0.3 is 5.97 Å². The van der Waals surface area contributed by atoms with Crippen molar-refractivity contribution in [1.82, 2.24) is 0 Å². The number of hydrogen-bond acceptors (Lipinski definition) is 6. The third-order valence-corrected chi connectivity index (χ3v) is 4.31. The van der Waals surface area contributed by atoms with E-state index in [1.165, 1.54) is 13.0 Å². The van der Waals surface area contributed by atoms with Crippen molar-refractivity contribution >= 4 is 28.5 Å². The van der Waals surface area contributed by atoms with Gasteiger partial charge in [-0.25, -0.2) is 4.79 Å². The van der Waals surface area contributed by atoms with Gasteiger partial charge in [-0.15, -0.1) is 0 Å². The molecule has 1 atom stereocenters. The largest absolute Gasteiger partial charge is 0.497 e. The van der Waals surface area contributed by atoms with Gasteiger partial charge in [-0.3, -0.25) is 4.79 Å². The second kappa shape index (κ2) is 8.35. The van der Waals surface area contributed by atoms with E-state index in [0.29, 0.717) is 21.9 Å². The van der Waals surface area contributed by atoms with Crippen LogP contribution >= 0.6 is 11.6 Å². The molecule has 1 unspecified atom stereocenters. The minimum atomic E-state index is -0.989. The Bertz CT molecular complexity index is 1050. The number of fused-ring (bicyclic) bond motifs is 1. The minimum absolute atomic E-state index is 0.0829. The Labute approximate surface area is 166 Å². The third kappa shape index (κ3) is 3.97. The topological polar surface area (TPSA) is 75.0 Å². The van der Waals surface area contributed by atoms with E-state index in [1.54, 1.807) is 50.4 Å². The van der Waals surface area contributed by atoms with Crippen LogP contribution in [0.15, 0.2) is 51.7 Å². The van der Waals surface area contributed by atoms with E-state index in [4.69, 9.17) is 30.2 Å². The first-order chi connectivity index (χ1) is 13.4. The molecular formula is C21H19ClO6. The molecule has 0 radical (unpaired) electrons. The van der Waals surface area contributed by atoms with Crippen LogP contribution in [0.1, 0.15) is 13.8 Å². The van der Waals surface area contributed by atoms with Gasteiger partial charge in [-0.2, -0.15) is 0 Å². The van der Waals surface area contributed by atoms with Crippen LogP contribution in [0, 0.1) is 0 Å². The first kappa shape index (κ1) is 19.8. The van der Waals surface area contributed by atoms with Crippen molar-refractivity contribution in [3.63, 3.8) is 0 Å². The van der Waals surface area contributed by atoms with Crippen molar-refractivity contribution in [2.45, 2.75) is 20.0 Å². The normalized spacial score (nSPS) is 11.9. The summed E-state index contributed by atoms with van der Waals surface area (Å²) in [6, 6.07) is 11.7. The van der Waals surface area contributed by atoms with Crippen molar-refractivity contribution in [3.8, 4) is 22.8 Å². The Balaban J connectivity index is 2.17. The number of esters is 1. The molecule has 6 nitrogen and oxygen atoms in total. The minimum Gasteiger partial charge on any atom is -0.497 e. The van der Waals surface area contributed by atoms with Crippen LogP contribution < -0.4 is 14.9 Å². The second-order valence-electron chi connectivity index (χ2n) is 5.97. The number of carbonyl (C=O) groups excluding carboxylic acids is 1. The lowest BCUT2D eigenvalue weighted by Gasteiger charge is -2.16. The summed E-state index contributed by atoms with van der Waals surface area (Å²) in [6.45, 7) is 3.41. The molecule has 2 aromatic carbocycles. The lowest BCUT2D eigenvalue weighted by atomic mass is 10.1. The quantitative estimate of drug-likeness (QED) is 0.567. The predicted octanol–water partition coefficient (Wildman–Crippen LogP) is 4.45. The molecule has 7 heteroatoms. The van der Waals surface area contributed by atoms with Crippen LogP contribution in [0.2, 0.25) is 5.02 Å². The molecule has 0 amide bonds. The molecule has 146 valence electrons. The molecule has 0 aliphatic heterocycles. The van der Waals surface area contributed by atoms with Crippen LogP contribution in [0.25, 0.3) is 22.3 Å². The van der Waals surface area contributed by atoms with Gasteiger partial charge in [0, 0.05) is 10.6 Å². The summed E-state index contributed by atoms with van der Waals surface area (Å²) >= 11 is 6.02. The molecule has 0 saturated heterocycles. The number of ether oxygens (including phenoxy) is 3. The van der Waals surface area contributed by atoms with Crippen molar-refractivity contribution in [2.75, 3.05) is 13.7 Å². The van der Waals surface area contributed by atoms with Crippen molar-refractivity contribution in [1.29, 1.82) is 0 Å². The van der Waals surface area contributed by atoms with E-state index in [9.17, 15) is 9.59 Å². The number of hydrogen-bond donors (Lipinski definition) is 0. The predicted molar refractivity (Wildman–Crippen MR) is 106 cm³/mol. The van der Waals surface area contributed by atoms with Crippen molar-refractivity contribution < 1.29 is 23.4 Å². The maximum Gasteiger partial charge on any atom is 0.347 e. The second-order valence-corrected chi connectivity index (χ2v) is 6.41. The molecule has 0 aliphatic rings. The number of methoxy groups -OCH3 is 1. The number of rotatable bonds is 6. The van der Waals surface area contributed by atoms with Gasteiger partial charge in [-0.1, -0.05) is 11.6 Å². The Morgan fingerprint density at radius 1 is 1.18 bits per heavy atom. The fourth-order valence-electron chi connectivity index (χ4n) is 2.67. The van der Waals surface area contributed by atoms with Gasteiger partial charge in [0.05, 0.1) is 19.1 Å². The highest BCUT2D eigenvalue weighted by atomic mass is 35.5. The highest BCUT2D eigenvalue weighted by Crippen LogP contribution is 2.33. The third-order valence-electron chi connectivity index (χ3n) is 4.08. The van der Waals surface area contributed by atoms with Gasteiger partial charge in [0.2, 0.25) is 11.2 Å². The lowest BCUT2D eigenvalue weighted by Crippen LogP contribution is -2.28. The first-order valence-electron chi connectivity index (χ1n) is 8.68. The zero-order chi connectivity index (χ0) is 20.3. The summed E-state index contributed by atoms with van der Waals surface area (Å²) in [4.78, 5) is 25.1. The van der Waals surface area contributed by atoms with E-state index in [1.807, 2.05) is 0 Å². The summed E-state index contributed by atoms with van der Waals surface area (Å²) in [6.07, 6.45) is -0.989. The summed E-state index contributed by atoms with van der Waals surface area (Å²) in [5, 5.41) is 0.650. The Kier molecular flexibility index (Phi) is 5.90. The summed E-state index contributed by atoms with van der Waals surface area (Å²) < 4.78 is 21.8. The van der Waals surface area contributed by atoms with E-state index in [2.05, 4.69) is 0 Å². The Hall–Kier alpha value is -2.99. The molecule has 0 saturated carbocycles. The van der Waals surface area contributed by atoms with Crippen molar-refractivity contribution in [3.05, 3.63) is 57.7 Å². The number of halogens is 1. The summed E-state index contributed by atoms with van der Waals surface area (Å²) in [7, 11) is 1.56. The number of carbonyl (C=O) groups is 1. The molecule has 0 spiro atoms. The molecular weight excluding hydrogens is 384 g/mol. The standard InChI is InChI=1S/C21H19ClO6/c1-4-26-21(24)12(2)27-20-18(23)16-11-14(22)7-10-17(16)28-19(20)13-5-8-15(25-3)9-6-13/h5-12H,4H2,1-3H3. The van der Waals surface area contributed by atoms with Gasteiger partial charge < -0.3 is 18.6 Å². The summed E-state index contributed by atoms with van der Waals surface area (Å²) in [5.41, 5.74) is 0.530. The van der Waals surface area contributed by atoms with Gasteiger partial charge in [0.1, 0.15) is 11.3 Å². The van der Waals surface area contributed by atoms with Gasteiger partial charge in [0.15, 0.2) is 11.9 Å². The average molecular weight is 403 g/mol. The molecule has 0 N–H and O–H groups in total. The monoisotopic (exact) mass is 402 g/mol. The molecule has 0 bridgehead atoms. The van der Waals surface area contributed by atoms with Crippen LogP contribution in [0.3, 0.4) is 0 Å². The van der Waals surface area contributed by atoms with E-state index < -0.39 is 17.5 Å². The Morgan fingerprint density at radius 2 is 1.89 bits per heavy atom. The maximum absolute atomic E-state index is 13.1. The zero-order valence-electron chi connectivity index (χ0n) is 15.7. The van der Waals surface area contributed by atoms with Gasteiger partial charge in [0.25, 0.3) is 0 Å². The Morgan fingerprint density at radius 3 is 2.54 bits per heavy atom. The molecule has 1 heterocycles. The van der Waals surface area contributed by atoms with E-state index in [-0.39, 0.29) is 23.5 Å². The summed E-state index contributed by atoms with van der Waals surface area (Å²) in [5.74, 6) is 0.203. The zero-order valence-corrected chi connectivity index (χ0v) is 16.4. The smallest absolute Gasteiger partial charge is 0.347 e. The molecule has 3 aromatic rings.